The number of hydrogen-bond donors (Lipinski definition) is 2. The van der Waals surface area contributed by atoms with E-state index in [0.717, 1.165) is 11.8 Å². The minimum absolute atomic E-state index is 0.00591. The van der Waals surface area contributed by atoms with Crippen LogP contribution in [-0.4, -0.2) is 36.5 Å². The average molecular weight is 403 g/mol. The summed E-state index contributed by atoms with van der Waals surface area (Å²) in [5.74, 6) is 0.000355. The molecule has 1 fully saturated rings. The molecule has 0 radical (unpaired) electrons. The number of halogens is 1. The number of methoxy groups -OCH3 is 2. The molecule has 2 aromatic rings. The van der Waals surface area contributed by atoms with Gasteiger partial charge in [-0.15, -0.1) is 0 Å². The Morgan fingerprint density at radius 3 is 2.64 bits per heavy atom. The van der Waals surface area contributed by atoms with Gasteiger partial charge in [0.15, 0.2) is 5.17 Å². The summed E-state index contributed by atoms with van der Waals surface area (Å²) in [6.45, 7) is 0. The Labute approximate surface area is 165 Å². The normalized spacial score (nSPS) is 17.8. The van der Waals surface area contributed by atoms with Gasteiger partial charge in [-0.25, -0.2) is 9.38 Å². The number of amidine groups is 1. The van der Waals surface area contributed by atoms with Gasteiger partial charge >= 0.3 is 0 Å². The molecule has 3 rings (SSSR count). The Morgan fingerprint density at radius 2 is 1.96 bits per heavy atom. The molecule has 1 aliphatic rings. The first kappa shape index (κ1) is 19.7. The van der Waals surface area contributed by atoms with Crippen molar-refractivity contribution in [3.05, 3.63) is 48.3 Å². The SMILES string of the molecule is COc1ccc(OC)c(N=C2NC(=O)CC(C(=O)Nc3ccc(F)cc3)S2)c1. The van der Waals surface area contributed by atoms with Gasteiger partial charge in [-0.3, -0.25) is 9.59 Å². The number of hydrogen-bond acceptors (Lipinski definition) is 6. The number of amides is 2. The van der Waals surface area contributed by atoms with Crippen molar-refractivity contribution in [2.45, 2.75) is 11.7 Å². The van der Waals surface area contributed by atoms with Gasteiger partial charge in [-0.05, 0) is 36.4 Å². The van der Waals surface area contributed by atoms with Crippen LogP contribution in [-0.2, 0) is 9.59 Å². The number of nitrogens with one attached hydrogen (secondary N) is 2. The van der Waals surface area contributed by atoms with Crippen LogP contribution in [0.5, 0.6) is 11.5 Å². The molecule has 2 aromatic carbocycles. The van der Waals surface area contributed by atoms with Crippen molar-refractivity contribution < 1.29 is 23.5 Å². The highest BCUT2D eigenvalue weighted by atomic mass is 32.2. The van der Waals surface area contributed by atoms with Gasteiger partial charge < -0.3 is 20.1 Å². The minimum Gasteiger partial charge on any atom is -0.497 e. The van der Waals surface area contributed by atoms with Crippen LogP contribution >= 0.6 is 11.8 Å². The number of anilines is 1. The van der Waals surface area contributed by atoms with Crippen LogP contribution in [0.2, 0.25) is 0 Å². The largest absolute Gasteiger partial charge is 0.497 e. The first-order valence-corrected chi connectivity index (χ1v) is 9.20. The van der Waals surface area contributed by atoms with Crippen LogP contribution in [0.15, 0.2) is 47.5 Å². The summed E-state index contributed by atoms with van der Waals surface area (Å²) in [4.78, 5) is 29.0. The Hall–Kier alpha value is -3.07. The summed E-state index contributed by atoms with van der Waals surface area (Å²) >= 11 is 1.13. The number of carbonyl (C=O) groups is 2. The number of benzene rings is 2. The van der Waals surface area contributed by atoms with E-state index >= 15 is 0 Å². The maximum Gasteiger partial charge on any atom is 0.238 e. The van der Waals surface area contributed by atoms with Crippen molar-refractivity contribution in [1.29, 1.82) is 0 Å². The molecule has 1 aliphatic heterocycles. The summed E-state index contributed by atoms with van der Waals surface area (Å²) < 4.78 is 23.5. The van der Waals surface area contributed by atoms with E-state index in [4.69, 9.17) is 9.47 Å². The zero-order chi connectivity index (χ0) is 20.1. The highest BCUT2D eigenvalue weighted by molar-refractivity contribution is 8.15. The third kappa shape index (κ3) is 4.80. The summed E-state index contributed by atoms with van der Waals surface area (Å²) in [6.07, 6.45) is 0.00591. The smallest absolute Gasteiger partial charge is 0.238 e. The standard InChI is InChI=1S/C19H18FN3O4S/c1-26-13-7-8-15(27-2)14(9-13)22-19-23-17(24)10-16(28-19)18(25)21-12-5-3-11(20)4-6-12/h3-9,16H,10H2,1-2H3,(H,21,25)(H,22,23,24). The molecule has 1 saturated heterocycles. The summed E-state index contributed by atoms with van der Waals surface area (Å²) in [7, 11) is 3.04. The van der Waals surface area contributed by atoms with Crippen molar-refractivity contribution in [2.24, 2.45) is 4.99 Å². The molecular weight excluding hydrogens is 385 g/mol. The lowest BCUT2D eigenvalue weighted by Crippen LogP contribution is -2.41. The molecule has 0 bridgehead atoms. The molecule has 1 unspecified atom stereocenters. The molecule has 28 heavy (non-hydrogen) atoms. The molecular formula is C19H18FN3O4S. The van der Waals surface area contributed by atoms with Gasteiger partial charge in [-0.1, -0.05) is 11.8 Å². The number of aliphatic imine (C=N–C) groups is 1. The van der Waals surface area contributed by atoms with Crippen LogP contribution in [0.3, 0.4) is 0 Å². The van der Waals surface area contributed by atoms with Crippen LogP contribution in [0, 0.1) is 5.82 Å². The number of nitrogens with zero attached hydrogens (tertiary/aromatic N) is 1. The predicted molar refractivity (Wildman–Crippen MR) is 106 cm³/mol. The van der Waals surface area contributed by atoms with E-state index in [1.807, 2.05) is 0 Å². The van der Waals surface area contributed by atoms with Crippen LogP contribution in [0.1, 0.15) is 6.42 Å². The number of carbonyl (C=O) groups excluding carboxylic acids is 2. The number of rotatable bonds is 5. The Bertz CT molecular complexity index is 918. The fraction of sp³-hybridized carbons (Fsp3) is 0.211. The van der Waals surface area contributed by atoms with Crippen LogP contribution in [0.4, 0.5) is 15.8 Å². The maximum absolute atomic E-state index is 13.0. The van der Waals surface area contributed by atoms with E-state index in [9.17, 15) is 14.0 Å². The quantitative estimate of drug-likeness (QED) is 0.801. The van der Waals surface area contributed by atoms with Gasteiger partial charge in [0.2, 0.25) is 11.8 Å². The zero-order valence-electron chi connectivity index (χ0n) is 15.2. The maximum atomic E-state index is 13.0. The highest BCUT2D eigenvalue weighted by Gasteiger charge is 2.30. The van der Waals surface area contributed by atoms with E-state index in [-0.39, 0.29) is 23.4 Å². The molecule has 9 heteroatoms. The molecule has 7 nitrogen and oxygen atoms in total. The molecule has 2 N–H and O–H groups in total. The van der Waals surface area contributed by atoms with Crippen molar-refractivity contribution in [3.8, 4) is 11.5 Å². The second-order valence-electron chi connectivity index (χ2n) is 5.81. The van der Waals surface area contributed by atoms with Gasteiger partial charge in [0, 0.05) is 18.2 Å². The molecule has 0 spiro atoms. The van der Waals surface area contributed by atoms with Gasteiger partial charge in [0.1, 0.15) is 28.3 Å². The predicted octanol–water partition coefficient (Wildman–Crippen LogP) is 3.09. The Balaban J connectivity index is 1.78. The molecule has 0 aliphatic carbocycles. The topological polar surface area (TPSA) is 89.0 Å². The van der Waals surface area contributed by atoms with Crippen molar-refractivity contribution >= 4 is 40.1 Å². The van der Waals surface area contributed by atoms with E-state index in [1.54, 1.807) is 18.2 Å². The summed E-state index contributed by atoms with van der Waals surface area (Å²) in [5, 5.41) is 4.94. The van der Waals surface area contributed by atoms with Crippen LogP contribution < -0.4 is 20.1 Å². The first-order chi connectivity index (χ1) is 13.5. The molecule has 146 valence electrons. The van der Waals surface area contributed by atoms with Crippen molar-refractivity contribution in [3.63, 3.8) is 0 Å². The lowest BCUT2D eigenvalue weighted by atomic mass is 10.2. The van der Waals surface area contributed by atoms with E-state index in [2.05, 4.69) is 15.6 Å². The van der Waals surface area contributed by atoms with E-state index in [1.165, 1.54) is 38.5 Å². The fourth-order valence-electron chi connectivity index (χ4n) is 2.49. The molecule has 1 atom stereocenters. The third-order valence-electron chi connectivity index (χ3n) is 3.88. The first-order valence-electron chi connectivity index (χ1n) is 8.32. The summed E-state index contributed by atoms with van der Waals surface area (Å²) in [5.41, 5.74) is 0.912. The summed E-state index contributed by atoms with van der Waals surface area (Å²) in [6, 6.07) is 10.5. The number of ether oxygens (including phenoxy) is 2. The Morgan fingerprint density at radius 1 is 1.21 bits per heavy atom. The van der Waals surface area contributed by atoms with E-state index in [0.29, 0.717) is 22.9 Å². The van der Waals surface area contributed by atoms with Gasteiger partial charge in [0.25, 0.3) is 0 Å². The number of thioether (sulfide) groups is 1. The zero-order valence-corrected chi connectivity index (χ0v) is 16.0. The minimum atomic E-state index is -0.672. The van der Waals surface area contributed by atoms with Crippen LogP contribution in [0.25, 0.3) is 0 Å². The lowest BCUT2D eigenvalue weighted by Gasteiger charge is -2.22. The van der Waals surface area contributed by atoms with Gasteiger partial charge in [0.05, 0.1) is 14.2 Å². The van der Waals surface area contributed by atoms with Crippen molar-refractivity contribution in [1.82, 2.24) is 5.32 Å². The molecule has 1 heterocycles. The Kier molecular flexibility index (Phi) is 6.15. The highest BCUT2D eigenvalue weighted by Crippen LogP contribution is 2.33. The lowest BCUT2D eigenvalue weighted by molar-refractivity contribution is -0.123. The molecule has 0 aromatic heterocycles. The third-order valence-corrected chi connectivity index (χ3v) is 4.97. The van der Waals surface area contributed by atoms with E-state index < -0.39 is 11.1 Å². The monoisotopic (exact) mass is 403 g/mol. The fourth-order valence-corrected chi connectivity index (χ4v) is 3.49. The second-order valence-corrected chi connectivity index (χ2v) is 7.00. The average Bonchev–Trinajstić information content (AvgIpc) is 2.69. The van der Waals surface area contributed by atoms with Gasteiger partial charge in [-0.2, -0.15) is 0 Å². The molecule has 0 saturated carbocycles. The molecule has 2 amide bonds. The van der Waals surface area contributed by atoms with Crippen molar-refractivity contribution in [2.75, 3.05) is 19.5 Å². The second kappa shape index (κ2) is 8.75.